The zero-order valence-electron chi connectivity index (χ0n) is 11.1. The Morgan fingerprint density at radius 3 is 2.48 bits per heavy atom. The first-order valence-electron chi connectivity index (χ1n) is 6.03. The molecule has 0 aliphatic heterocycles. The predicted molar refractivity (Wildman–Crippen MR) is 80.4 cm³/mol. The van der Waals surface area contributed by atoms with Gasteiger partial charge in [0.25, 0.3) is 15.9 Å². The first kappa shape index (κ1) is 15.5. The standard InChI is InChI=1S/C14H13ClN2O3S/c1-10-5-2-3-8-13(10)14(18)16-17-21(19,20)12-7-4-6-11(15)9-12/h2-9,17H,1H3,(H,16,18). The Kier molecular flexibility index (Phi) is 4.62. The molecule has 0 aromatic heterocycles. The molecule has 2 aromatic rings. The smallest absolute Gasteiger partial charge is 0.266 e. The molecule has 2 aromatic carbocycles. The third-order valence-corrected chi connectivity index (χ3v) is 4.28. The molecule has 0 saturated carbocycles. The monoisotopic (exact) mass is 324 g/mol. The number of halogens is 1. The molecule has 0 saturated heterocycles. The van der Waals surface area contributed by atoms with E-state index in [0.29, 0.717) is 10.6 Å². The van der Waals surface area contributed by atoms with Crippen LogP contribution >= 0.6 is 11.6 Å². The van der Waals surface area contributed by atoms with Crippen LogP contribution in [0, 0.1) is 6.92 Å². The average Bonchev–Trinajstić information content (AvgIpc) is 2.45. The van der Waals surface area contributed by atoms with E-state index in [1.165, 1.54) is 18.2 Å². The summed E-state index contributed by atoms with van der Waals surface area (Å²) in [7, 11) is -3.87. The van der Waals surface area contributed by atoms with Gasteiger partial charge in [-0.05, 0) is 36.8 Å². The van der Waals surface area contributed by atoms with Crippen LogP contribution in [0.2, 0.25) is 5.02 Å². The van der Waals surface area contributed by atoms with Gasteiger partial charge < -0.3 is 0 Å². The molecule has 21 heavy (non-hydrogen) atoms. The molecule has 5 nitrogen and oxygen atoms in total. The van der Waals surface area contributed by atoms with E-state index < -0.39 is 15.9 Å². The summed E-state index contributed by atoms with van der Waals surface area (Å²) in [6.45, 7) is 1.76. The maximum atomic E-state index is 12.0. The Bertz CT molecular complexity index is 775. The van der Waals surface area contributed by atoms with E-state index in [0.717, 1.165) is 5.56 Å². The van der Waals surface area contributed by atoms with Gasteiger partial charge in [-0.1, -0.05) is 35.9 Å². The molecule has 0 bridgehead atoms. The van der Waals surface area contributed by atoms with E-state index >= 15 is 0 Å². The molecule has 7 heteroatoms. The lowest BCUT2D eigenvalue weighted by atomic mass is 10.1. The Morgan fingerprint density at radius 2 is 1.81 bits per heavy atom. The van der Waals surface area contributed by atoms with Crippen LogP contribution in [0.25, 0.3) is 0 Å². The Hall–Kier alpha value is -1.89. The molecule has 0 heterocycles. The molecule has 0 atom stereocenters. The number of carbonyl (C=O) groups excluding carboxylic acids is 1. The van der Waals surface area contributed by atoms with E-state index in [1.54, 1.807) is 37.3 Å². The molecular formula is C14H13ClN2O3S. The van der Waals surface area contributed by atoms with Crippen molar-refractivity contribution in [2.45, 2.75) is 11.8 Å². The minimum absolute atomic E-state index is 0.0277. The number of hydrogen-bond donors (Lipinski definition) is 2. The molecule has 0 unspecified atom stereocenters. The van der Waals surface area contributed by atoms with E-state index in [9.17, 15) is 13.2 Å². The summed E-state index contributed by atoms with van der Waals surface area (Å²) in [5.74, 6) is -0.529. The lowest BCUT2D eigenvalue weighted by molar-refractivity contribution is 0.0944. The summed E-state index contributed by atoms with van der Waals surface area (Å²) in [4.78, 5) is 14.0. The number of nitrogens with one attached hydrogen (secondary N) is 2. The highest BCUT2D eigenvalue weighted by atomic mass is 35.5. The van der Waals surface area contributed by atoms with Gasteiger partial charge in [-0.25, -0.2) is 8.42 Å². The van der Waals surface area contributed by atoms with Crippen LogP contribution in [0.3, 0.4) is 0 Å². The van der Waals surface area contributed by atoms with Crippen molar-refractivity contribution in [1.82, 2.24) is 10.3 Å². The van der Waals surface area contributed by atoms with Gasteiger partial charge in [-0.3, -0.25) is 10.2 Å². The Labute approximate surface area is 128 Å². The molecule has 0 aliphatic carbocycles. The summed E-state index contributed by atoms with van der Waals surface area (Å²) in [6, 6.07) is 12.6. The summed E-state index contributed by atoms with van der Waals surface area (Å²) < 4.78 is 24.0. The fraction of sp³-hybridized carbons (Fsp3) is 0.0714. The maximum Gasteiger partial charge on any atom is 0.266 e. The quantitative estimate of drug-likeness (QED) is 0.847. The number of aryl methyl sites for hydroxylation is 1. The number of hydrazine groups is 1. The molecule has 0 radical (unpaired) electrons. The van der Waals surface area contributed by atoms with E-state index in [1.807, 2.05) is 4.83 Å². The van der Waals surface area contributed by atoms with Gasteiger partial charge in [0, 0.05) is 10.6 Å². The van der Waals surface area contributed by atoms with Crippen LogP contribution in [-0.2, 0) is 10.0 Å². The molecule has 110 valence electrons. The number of carbonyl (C=O) groups is 1. The van der Waals surface area contributed by atoms with Crippen LogP contribution < -0.4 is 10.3 Å². The first-order chi connectivity index (χ1) is 9.90. The first-order valence-corrected chi connectivity index (χ1v) is 7.89. The highest BCUT2D eigenvalue weighted by Crippen LogP contribution is 2.14. The second kappa shape index (κ2) is 6.26. The van der Waals surface area contributed by atoms with Crippen LogP contribution in [0.4, 0.5) is 0 Å². The van der Waals surface area contributed by atoms with Crippen LogP contribution in [0.1, 0.15) is 15.9 Å². The van der Waals surface area contributed by atoms with Crippen molar-refractivity contribution in [3.63, 3.8) is 0 Å². The summed E-state index contributed by atoms with van der Waals surface area (Å²) in [6.07, 6.45) is 0. The second-order valence-electron chi connectivity index (χ2n) is 4.33. The molecular weight excluding hydrogens is 312 g/mol. The van der Waals surface area contributed by atoms with Crippen molar-refractivity contribution in [2.24, 2.45) is 0 Å². The zero-order chi connectivity index (χ0) is 15.5. The lowest BCUT2D eigenvalue weighted by Crippen LogP contribution is -2.41. The Balaban J connectivity index is 2.12. The SMILES string of the molecule is Cc1ccccc1C(=O)NNS(=O)(=O)c1cccc(Cl)c1. The van der Waals surface area contributed by atoms with E-state index in [2.05, 4.69) is 5.43 Å². The highest BCUT2D eigenvalue weighted by molar-refractivity contribution is 7.89. The topological polar surface area (TPSA) is 75.3 Å². The lowest BCUT2D eigenvalue weighted by Gasteiger charge is -2.10. The minimum atomic E-state index is -3.87. The van der Waals surface area contributed by atoms with Gasteiger partial charge in [0.05, 0.1) is 4.90 Å². The second-order valence-corrected chi connectivity index (χ2v) is 6.45. The minimum Gasteiger partial charge on any atom is -0.273 e. The fourth-order valence-electron chi connectivity index (χ4n) is 1.70. The summed E-state index contributed by atoms with van der Waals surface area (Å²) in [5.41, 5.74) is 3.32. The maximum absolute atomic E-state index is 12.0. The zero-order valence-corrected chi connectivity index (χ0v) is 12.7. The van der Waals surface area contributed by atoms with Gasteiger partial charge in [-0.2, -0.15) is 0 Å². The van der Waals surface area contributed by atoms with Crippen LogP contribution in [0.15, 0.2) is 53.4 Å². The number of sulfonamides is 1. The Morgan fingerprint density at radius 1 is 1.10 bits per heavy atom. The molecule has 2 N–H and O–H groups in total. The molecule has 1 amide bonds. The number of rotatable bonds is 4. The molecule has 2 rings (SSSR count). The predicted octanol–water partition coefficient (Wildman–Crippen LogP) is 2.27. The van der Waals surface area contributed by atoms with E-state index in [4.69, 9.17) is 11.6 Å². The van der Waals surface area contributed by atoms with Crippen LogP contribution in [-0.4, -0.2) is 14.3 Å². The fourth-order valence-corrected chi connectivity index (χ4v) is 2.84. The highest BCUT2D eigenvalue weighted by Gasteiger charge is 2.16. The normalized spacial score (nSPS) is 11.1. The third kappa shape index (κ3) is 3.81. The number of benzene rings is 2. The van der Waals surface area contributed by atoms with Gasteiger partial charge in [0.1, 0.15) is 0 Å². The van der Waals surface area contributed by atoms with Crippen molar-refractivity contribution in [2.75, 3.05) is 0 Å². The van der Waals surface area contributed by atoms with Crippen molar-refractivity contribution in [3.05, 3.63) is 64.7 Å². The molecule has 0 fully saturated rings. The van der Waals surface area contributed by atoms with Crippen molar-refractivity contribution in [1.29, 1.82) is 0 Å². The summed E-state index contributed by atoms with van der Waals surface area (Å²) in [5, 5.41) is 0.295. The molecule has 0 aliphatic rings. The van der Waals surface area contributed by atoms with Crippen molar-refractivity contribution in [3.8, 4) is 0 Å². The largest absolute Gasteiger partial charge is 0.273 e. The van der Waals surface area contributed by atoms with Gasteiger partial charge in [0.2, 0.25) is 0 Å². The van der Waals surface area contributed by atoms with Crippen molar-refractivity contribution < 1.29 is 13.2 Å². The van der Waals surface area contributed by atoms with Crippen LogP contribution in [0.5, 0.6) is 0 Å². The third-order valence-electron chi connectivity index (χ3n) is 2.80. The number of amides is 1. The van der Waals surface area contributed by atoms with Gasteiger partial charge in [0.15, 0.2) is 0 Å². The van der Waals surface area contributed by atoms with Crippen molar-refractivity contribution >= 4 is 27.5 Å². The summed E-state index contributed by atoms with van der Waals surface area (Å²) >= 11 is 5.75. The average molecular weight is 325 g/mol. The van der Waals surface area contributed by atoms with Gasteiger partial charge in [-0.15, -0.1) is 4.83 Å². The molecule has 0 spiro atoms. The number of hydrogen-bond acceptors (Lipinski definition) is 3. The van der Waals surface area contributed by atoms with Gasteiger partial charge >= 0.3 is 0 Å². The van der Waals surface area contributed by atoms with E-state index in [-0.39, 0.29) is 4.90 Å².